The minimum atomic E-state index is -4.58. The summed E-state index contributed by atoms with van der Waals surface area (Å²) in [7, 11) is 2.91. The molecule has 0 amide bonds. The Balaban J connectivity index is 0.00000102. The number of pyridine rings is 1. The predicted molar refractivity (Wildman–Crippen MR) is 162 cm³/mol. The maximum Gasteiger partial charge on any atom is 0.418 e. The maximum atomic E-state index is 14.2. The van der Waals surface area contributed by atoms with Crippen molar-refractivity contribution in [3.8, 4) is 5.69 Å². The van der Waals surface area contributed by atoms with E-state index in [1.165, 1.54) is 16.8 Å². The van der Waals surface area contributed by atoms with E-state index in [0.717, 1.165) is 81.3 Å². The lowest BCUT2D eigenvalue weighted by Crippen LogP contribution is -2.29. The van der Waals surface area contributed by atoms with E-state index >= 15 is 0 Å². The van der Waals surface area contributed by atoms with Crippen LogP contribution < -0.4 is 5.69 Å². The normalized spacial score (nSPS) is 18.6. The number of azo groups is 1. The fourth-order valence-electron chi connectivity index (χ4n) is 6.14. The number of alkyl halides is 3. The number of rotatable bonds is 6. The first kappa shape index (κ1) is 32.3. The number of hydrogen-bond donors (Lipinski definition) is 1. The van der Waals surface area contributed by atoms with Gasteiger partial charge < -0.3 is 5.11 Å². The largest absolute Gasteiger partial charge is 0.418 e. The molecular formula is C32H41F3N6O2+. The molecule has 1 saturated heterocycles. The Bertz CT molecular complexity index is 1500. The molecule has 4 heterocycles. The van der Waals surface area contributed by atoms with Gasteiger partial charge >= 0.3 is 24.4 Å². The third-order valence-electron chi connectivity index (χ3n) is 8.39. The Hall–Kier alpha value is -3.57. The smallest absolute Gasteiger partial charge is 0.400 e. The summed E-state index contributed by atoms with van der Waals surface area (Å²) in [4.78, 5) is 15.8. The highest BCUT2D eigenvalue weighted by Crippen LogP contribution is 2.46. The van der Waals surface area contributed by atoms with Crippen LogP contribution in [0, 0.1) is 12.1 Å². The minimum absolute atomic E-state index is 0.00453. The topological polar surface area (TPSA) is 77.6 Å². The molecule has 0 spiro atoms. The Labute approximate surface area is 250 Å². The zero-order valence-electron chi connectivity index (χ0n) is 24.9. The van der Waals surface area contributed by atoms with Crippen LogP contribution >= 0.6 is 0 Å². The highest BCUT2D eigenvalue weighted by molar-refractivity contribution is 5.58. The molecule has 2 aromatic heterocycles. The maximum absolute atomic E-state index is 14.2. The third-order valence-corrected chi connectivity index (χ3v) is 8.39. The molecule has 1 radical (unpaired) electrons. The van der Waals surface area contributed by atoms with Crippen LogP contribution in [0.1, 0.15) is 67.6 Å². The SMILES string of the molecule is C=C.CO.C[N+]1=CN=N[C]1[C@@H](c1cccc(-n2cc3c(C(F)(F)F)cc(CN4CCCCCC4)cn3c2=O)c1)C1CCC1. The molecule has 0 bridgehead atoms. The minimum Gasteiger partial charge on any atom is -0.400 e. The van der Waals surface area contributed by atoms with Crippen LogP contribution in [0.3, 0.4) is 0 Å². The average molecular weight is 599 g/mol. The van der Waals surface area contributed by atoms with E-state index in [0.29, 0.717) is 23.7 Å². The second kappa shape index (κ2) is 14.3. The van der Waals surface area contributed by atoms with Crippen LogP contribution in [0.5, 0.6) is 0 Å². The van der Waals surface area contributed by atoms with E-state index in [-0.39, 0.29) is 11.4 Å². The molecule has 1 saturated carbocycles. The molecule has 0 unspecified atom stereocenters. The van der Waals surface area contributed by atoms with Gasteiger partial charge in [-0.3, -0.25) is 13.9 Å². The van der Waals surface area contributed by atoms with Crippen molar-refractivity contribution in [2.24, 2.45) is 16.1 Å². The summed E-state index contributed by atoms with van der Waals surface area (Å²) in [5, 5.41) is 15.4. The van der Waals surface area contributed by atoms with Crippen molar-refractivity contribution in [3.63, 3.8) is 0 Å². The molecule has 11 heteroatoms. The zero-order chi connectivity index (χ0) is 31.1. The number of aliphatic hydroxyl groups excluding tert-OH is 1. The van der Waals surface area contributed by atoms with Gasteiger partial charge in [-0.15, -0.1) is 13.2 Å². The highest BCUT2D eigenvalue weighted by atomic mass is 19.4. The summed E-state index contributed by atoms with van der Waals surface area (Å²) in [6, 6.07) is 8.74. The van der Waals surface area contributed by atoms with Gasteiger partial charge in [0.2, 0.25) is 0 Å². The summed E-state index contributed by atoms with van der Waals surface area (Å²) in [6.07, 6.45) is 8.51. The lowest BCUT2D eigenvalue weighted by atomic mass is 9.71. The molecular weight excluding hydrogens is 557 g/mol. The van der Waals surface area contributed by atoms with Gasteiger partial charge in [-0.2, -0.15) is 13.2 Å². The number of likely N-dealkylation sites (tertiary alicyclic amines) is 1. The summed E-state index contributed by atoms with van der Waals surface area (Å²) >= 11 is 0. The molecule has 3 aromatic rings. The van der Waals surface area contributed by atoms with E-state index in [1.54, 1.807) is 18.6 Å². The standard InChI is InChI=1S/C29H33F3N6O.C2H4.CH4O/c1-35-19-33-34-27(35)26(21-8-6-9-21)22-10-7-11-23(15-22)37-18-25-24(29(30,31)32)14-20(17-38(25)28(37)39)16-36-12-4-2-3-5-13-36;2*1-2/h7,10-11,14-15,17-19,21,26H,2-6,8-9,12-13,16H2,1H3;1-2H2;2H,1H3/q+1;;/t26-;;/m1../s1. The fourth-order valence-corrected chi connectivity index (χ4v) is 6.14. The fraction of sp³-hybridized carbons (Fsp3) is 0.469. The Morgan fingerprint density at radius 1 is 1.05 bits per heavy atom. The molecule has 1 aromatic carbocycles. The molecule has 231 valence electrons. The van der Waals surface area contributed by atoms with E-state index in [2.05, 4.69) is 28.3 Å². The molecule has 6 rings (SSSR count). The van der Waals surface area contributed by atoms with Crippen molar-refractivity contribution in [1.29, 1.82) is 0 Å². The number of fused-ring (bicyclic) bond motifs is 1. The average Bonchev–Trinajstić information content (AvgIpc) is 3.44. The van der Waals surface area contributed by atoms with Crippen molar-refractivity contribution in [2.45, 2.75) is 63.6 Å². The molecule has 3 aliphatic rings. The van der Waals surface area contributed by atoms with Gasteiger partial charge in [-0.1, -0.05) is 31.4 Å². The molecule has 2 fully saturated rings. The van der Waals surface area contributed by atoms with Crippen LogP contribution in [0.25, 0.3) is 11.2 Å². The quantitative estimate of drug-likeness (QED) is 0.263. The first-order chi connectivity index (χ1) is 20.8. The van der Waals surface area contributed by atoms with Crippen LogP contribution in [0.2, 0.25) is 0 Å². The van der Waals surface area contributed by atoms with Gasteiger partial charge in [-0.25, -0.2) is 9.37 Å². The van der Waals surface area contributed by atoms with E-state index < -0.39 is 17.4 Å². The van der Waals surface area contributed by atoms with Gasteiger partial charge in [0.25, 0.3) is 0 Å². The van der Waals surface area contributed by atoms with Crippen molar-refractivity contribution < 1.29 is 22.9 Å². The lowest BCUT2D eigenvalue weighted by molar-refractivity contribution is -0.480. The summed E-state index contributed by atoms with van der Waals surface area (Å²) in [5.41, 5.74) is 0.583. The number of imidazole rings is 1. The van der Waals surface area contributed by atoms with Crippen LogP contribution in [-0.2, 0) is 12.7 Å². The second-order valence-corrected chi connectivity index (χ2v) is 11.1. The van der Waals surface area contributed by atoms with Crippen molar-refractivity contribution in [2.75, 3.05) is 27.2 Å². The van der Waals surface area contributed by atoms with E-state index in [9.17, 15) is 18.0 Å². The number of aromatic nitrogens is 2. The number of likely N-dealkylation sites (N-methyl/N-ethyl adjacent to an activating group) is 1. The van der Waals surface area contributed by atoms with E-state index in [4.69, 9.17) is 5.11 Å². The van der Waals surface area contributed by atoms with Gasteiger partial charge in [-0.05, 0) is 79.1 Å². The van der Waals surface area contributed by atoms with Gasteiger partial charge in [0.05, 0.1) is 34.8 Å². The molecule has 1 atom stereocenters. The summed E-state index contributed by atoms with van der Waals surface area (Å²) in [5.74, 6) is 0.413. The number of halogens is 3. The Morgan fingerprint density at radius 2 is 1.74 bits per heavy atom. The summed E-state index contributed by atoms with van der Waals surface area (Å²) < 4.78 is 47.1. The highest BCUT2D eigenvalue weighted by Gasteiger charge is 2.42. The Kier molecular flexibility index (Phi) is 10.7. The first-order valence-corrected chi connectivity index (χ1v) is 14.7. The molecule has 1 aliphatic carbocycles. The monoisotopic (exact) mass is 598 g/mol. The van der Waals surface area contributed by atoms with Crippen molar-refractivity contribution >= 4 is 11.9 Å². The van der Waals surface area contributed by atoms with Gasteiger partial charge in [0.15, 0.2) is 0 Å². The molecule has 8 nitrogen and oxygen atoms in total. The van der Waals surface area contributed by atoms with Crippen LogP contribution in [0.4, 0.5) is 13.2 Å². The van der Waals surface area contributed by atoms with Gasteiger partial charge in [0, 0.05) is 26.0 Å². The van der Waals surface area contributed by atoms with E-state index in [1.807, 2.05) is 29.8 Å². The second-order valence-electron chi connectivity index (χ2n) is 11.1. The van der Waals surface area contributed by atoms with Crippen LogP contribution in [-0.4, -0.2) is 57.1 Å². The first-order valence-electron chi connectivity index (χ1n) is 14.7. The lowest BCUT2D eigenvalue weighted by Gasteiger charge is -2.34. The Morgan fingerprint density at radius 3 is 2.33 bits per heavy atom. The third kappa shape index (κ3) is 6.99. The zero-order valence-corrected chi connectivity index (χ0v) is 24.9. The van der Waals surface area contributed by atoms with Crippen LogP contribution in [0.15, 0.2) is 70.9 Å². The number of hydrogen-bond acceptors (Lipinski definition) is 5. The number of aliphatic hydroxyl groups is 1. The van der Waals surface area contributed by atoms with Gasteiger partial charge in [0.1, 0.15) is 0 Å². The predicted octanol–water partition coefficient (Wildman–Crippen LogP) is 6.41. The molecule has 2 aliphatic heterocycles. The molecule has 43 heavy (non-hydrogen) atoms. The molecule has 1 N–H and O–H groups in total. The number of nitrogens with zero attached hydrogens (tertiary/aromatic N) is 6. The number of benzene rings is 1. The summed E-state index contributed by atoms with van der Waals surface area (Å²) in [6.45, 7) is 8.11. The van der Waals surface area contributed by atoms with Crippen molar-refractivity contribution in [1.82, 2.24) is 13.9 Å². The van der Waals surface area contributed by atoms with Crippen molar-refractivity contribution in [3.05, 3.63) is 89.2 Å².